The Morgan fingerprint density at radius 3 is 2.65 bits per heavy atom. The molecule has 0 aromatic heterocycles. The highest BCUT2D eigenvalue weighted by molar-refractivity contribution is 6.30. The van der Waals surface area contributed by atoms with Crippen LogP contribution in [-0.4, -0.2) is 6.04 Å². The van der Waals surface area contributed by atoms with Crippen molar-refractivity contribution in [2.45, 2.75) is 46.1 Å². The Morgan fingerprint density at radius 2 is 2.00 bits per heavy atom. The van der Waals surface area contributed by atoms with E-state index in [1.807, 2.05) is 12.1 Å². The number of halogens is 1. The number of benzene rings is 1. The molecule has 0 saturated heterocycles. The molecular weight excluding hydrogens is 230 g/mol. The minimum atomic E-state index is 0.617. The number of hydrogen-bond donors (Lipinski definition) is 1. The zero-order valence-corrected chi connectivity index (χ0v) is 11.7. The lowest BCUT2D eigenvalue weighted by Crippen LogP contribution is -2.33. The normalized spacial score (nSPS) is 29.1. The fourth-order valence-corrected chi connectivity index (χ4v) is 3.10. The first-order chi connectivity index (χ1) is 8.06. The number of aryl methyl sites for hydroxylation is 1. The minimum Gasteiger partial charge on any atom is -0.382 e. The van der Waals surface area contributed by atoms with Crippen molar-refractivity contribution in [3.63, 3.8) is 0 Å². The Kier molecular flexibility index (Phi) is 3.98. The summed E-state index contributed by atoms with van der Waals surface area (Å²) in [6, 6.07) is 6.71. The quantitative estimate of drug-likeness (QED) is 0.790. The van der Waals surface area contributed by atoms with Gasteiger partial charge in [0.2, 0.25) is 0 Å². The van der Waals surface area contributed by atoms with Crippen molar-refractivity contribution >= 4 is 17.3 Å². The van der Waals surface area contributed by atoms with Crippen molar-refractivity contribution in [3.05, 3.63) is 28.8 Å². The van der Waals surface area contributed by atoms with Crippen LogP contribution in [0.5, 0.6) is 0 Å². The summed E-state index contributed by atoms with van der Waals surface area (Å²) in [7, 11) is 0. The van der Waals surface area contributed by atoms with Crippen molar-refractivity contribution in [1.82, 2.24) is 0 Å². The first-order valence-electron chi connectivity index (χ1n) is 6.59. The summed E-state index contributed by atoms with van der Waals surface area (Å²) in [6.45, 7) is 6.84. The van der Waals surface area contributed by atoms with Crippen molar-refractivity contribution in [2.75, 3.05) is 5.32 Å². The summed E-state index contributed by atoms with van der Waals surface area (Å²) < 4.78 is 0. The van der Waals surface area contributed by atoms with Gasteiger partial charge in [-0.1, -0.05) is 25.4 Å². The van der Waals surface area contributed by atoms with Gasteiger partial charge in [0.1, 0.15) is 0 Å². The number of anilines is 1. The molecule has 1 aliphatic carbocycles. The van der Waals surface area contributed by atoms with Crippen molar-refractivity contribution < 1.29 is 0 Å². The van der Waals surface area contributed by atoms with Crippen LogP contribution in [0.3, 0.4) is 0 Å². The molecule has 17 heavy (non-hydrogen) atoms. The molecule has 0 bridgehead atoms. The van der Waals surface area contributed by atoms with E-state index < -0.39 is 0 Å². The lowest BCUT2D eigenvalue weighted by Gasteiger charge is -2.34. The van der Waals surface area contributed by atoms with Gasteiger partial charge in [-0.25, -0.2) is 0 Å². The third-order valence-corrected chi connectivity index (χ3v) is 4.20. The maximum Gasteiger partial charge on any atom is 0.0410 e. The zero-order valence-electron chi connectivity index (χ0n) is 11.0. The van der Waals surface area contributed by atoms with Crippen molar-refractivity contribution in [2.24, 2.45) is 11.8 Å². The maximum absolute atomic E-state index is 5.98. The van der Waals surface area contributed by atoms with Gasteiger partial charge < -0.3 is 5.32 Å². The van der Waals surface area contributed by atoms with E-state index in [-0.39, 0.29) is 0 Å². The summed E-state index contributed by atoms with van der Waals surface area (Å²) in [4.78, 5) is 0. The Hall–Kier alpha value is -0.690. The van der Waals surface area contributed by atoms with Crippen LogP contribution in [0.2, 0.25) is 5.02 Å². The predicted molar refractivity (Wildman–Crippen MR) is 75.8 cm³/mol. The molecule has 1 aromatic carbocycles. The average Bonchev–Trinajstić information content (AvgIpc) is 2.25. The van der Waals surface area contributed by atoms with E-state index in [4.69, 9.17) is 11.6 Å². The SMILES string of the molecule is Cc1cc(Cl)ccc1NC1CCC(C)CC1C. The van der Waals surface area contributed by atoms with Crippen molar-refractivity contribution in [1.29, 1.82) is 0 Å². The van der Waals surface area contributed by atoms with Gasteiger partial charge >= 0.3 is 0 Å². The Morgan fingerprint density at radius 1 is 1.24 bits per heavy atom. The lowest BCUT2D eigenvalue weighted by molar-refractivity contribution is 0.276. The fourth-order valence-electron chi connectivity index (χ4n) is 2.87. The summed E-state index contributed by atoms with van der Waals surface area (Å²) in [6.07, 6.45) is 3.96. The molecule has 2 rings (SSSR count). The van der Waals surface area contributed by atoms with Crippen LogP contribution < -0.4 is 5.32 Å². The van der Waals surface area contributed by atoms with Gasteiger partial charge in [-0.05, 0) is 61.8 Å². The first kappa shape index (κ1) is 12.8. The molecule has 0 heterocycles. The van der Waals surface area contributed by atoms with E-state index >= 15 is 0 Å². The second-order valence-corrected chi connectivity index (χ2v) is 6.04. The monoisotopic (exact) mass is 251 g/mol. The van der Waals surface area contributed by atoms with Crippen LogP contribution in [0, 0.1) is 18.8 Å². The van der Waals surface area contributed by atoms with E-state index in [0.29, 0.717) is 6.04 Å². The highest BCUT2D eigenvalue weighted by atomic mass is 35.5. The molecule has 94 valence electrons. The Bertz CT molecular complexity index is 389. The zero-order chi connectivity index (χ0) is 12.4. The number of nitrogens with one attached hydrogen (secondary N) is 1. The molecule has 3 atom stereocenters. The number of rotatable bonds is 2. The van der Waals surface area contributed by atoms with Gasteiger partial charge in [-0.3, -0.25) is 0 Å². The molecule has 1 nitrogen and oxygen atoms in total. The van der Waals surface area contributed by atoms with Gasteiger partial charge in [0, 0.05) is 16.8 Å². The third-order valence-electron chi connectivity index (χ3n) is 3.96. The molecule has 1 aliphatic rings. The van der Waals surface area contributed by atoms with E-state index in [1.165, 1.54) is 30.5 Å². The molecule has 0 amide bonds. The maximum atomic E-state index is 5.98. The smallest absolute Gasteiger partial charge is 0.0410 e. The highest BCUT2D eigenvalue weighted by Crippen LogP contribution is 2.31. The summed E-state index contributed by atoms with van der Waals surface area (Å²) in [5.41, 5.74) is 2.48. The van der Waals surface area contributed by atoms with Crippen LogP contribution in [0.1, 0.15) is 38.7 Å². The second-order valence-electron chi connectivity index (χ2n) is 5.61. The predicted octanol–water partition coefficient (Wildman–Crippen LogP) is 4.89. The molecule has 1 fully saturated rings. The molecule has 1 aromatic rings. The molecule has 3 unspecified atom stereocenters. The standard InChI is InChI=1S/C15H22ClN/c1-10-4-6-14(11(2)8-10)17-15-7-5-13(16)9-12(15)3/h5,7,9-11,14,17H,4,6,8H2,1-3H3. The lowest BCUT2D eigenvalue weighted by atomic mass is 9.80. The first-order valence-corrected chi connectivity index (χ1v) is 6.96. The highest BCUT2D eigenvalue weighted by Gasteiger charge is 2.25. The van der Waals surface area contributed by atoms with Crippen LogP contribution in [0.25, 0.3) is 0 Å². The van der Waals surface area contributed by atoms with Gasteiger partial charge in [0.15, 0.2) is 0 Å². The van der Waals surface area contributed by atoms with Crippen molar-refractivity contribution in [3.8, 4) is 0 Å². The second kappa shape index (κ2) is 5.30. The summed E-state index contributed by atoms with van der Waals surface area (Å²) in [5.74, 6) is 1.64. The molecule has 0 radical (unpaired) electrons. The molecule has 1 saturated carbocycles. The minimum absolute atomic E-state index is 0.617. The van der Waals surface area contributed by atoms with E-state index in [0.717, 1.165) is 16.9 Å². The van der Waals surface area contributed by atoms with E-state index in [9.17, 15) is 0 Å². The van der Waals surface area contributed by atoms with E-state index in [1.54, 1.807) is 0 Å². The van der Waals surface area contributed by atoms with Crippen LogP contribution in [0.4, 0.5) is 5.69 Å². The molecular formula is C15H22ClN. The average molecular weight is 252 g/mol. The van der Waals surface area contributed by atoms with Gasteiger partial charge in [0.05, 0.1) is 0 Å². The summed E-state index contributed by atoms with van der Waals surface area (Å²) in [5, 5.41) is 4.51. The largest absolute Gasteiger partial charge is 0.382 e. The van der Waals surface area contributed by atoms with E-state index in [2.05, 4.69) is 32.2 Å². The molecule has 1 N–H and O–H groups in total. The molecule has 0 spiro atoms. The van der Waals surface area contributed by atoms with Crippen LogP contribution in [0.15, 0.2) is 18.2 Å². The molecule has 0 aliphatic heterocycles. The van der Waals surface area contributed by atoms with Gasteiger partial charge in [0.25, 0.3) is 0 Å². The van der Waals surface area contributed by atoms with Crippen LogP contribution in [-0.2, 0) is 0 Å². The fraction of sp³-hybridized carbons (Fsp3) is 0.600. The third kappa shape index (κ3) is 3.16. The Balaban J connectivity index is 2.05. The van der Waals surface area contributed by atoms with Gasteiger partial charge in [-0.2, -0.15) is 0 Å². The number of hydrogen-bond acceptors (Lipinski definition) is 1. The van der Waals surface area contributed by atoms with Gasteiger partial charge in [-0.15, -0.1) is 0 Å². The summed E-state index contributed by atoms with van der Waals surface area (Å²) >= 11 is 5.98. The van der Waals surface area contributed by atoms with Crippen LogP contribution >= 0.6 is 11.6 Å². The Labute approximate surface area is 110 Å². The molecule has 2 heteroatoms. The topological polar surface area (TPSA) is 12.0 Å².